The number of rotatable bonds is 4. The Morgan fingerprint density at radius 2 is 2.08 bits per heavy atom. The molecular weight excluding hydrogens is 347 g/mol. The van der Waals surface area contributed by atoms with E-state index in [1.807, 2.05) is 22.3 Å². The third-order valence-electron chi connectivity index (χ3n) is 5.59. The number of thiophene rings is 1. The summed E-state index contributed by atoms with van der Waals surface area (Å²) in [7, 11) is 0. The molecule has 1 aromatic carbocycles. The van der Waals surface area contributed by atoms with Crippen LogP contribution in [0.1, 0.15) is 34.6 Å². The lowest BCUT2D eigenvalue weighted by Crippen LogP contribution is -2.42. The molecule has 2 aromatic rings. The molecule has 0 N–H and O–H groups in total. The van der Waals surface area contributed by atoms with E-state index in [2.05, 4.69) is 24.0 Å². The lowest BCUT2D eigenvalue weighted by molar-refractivity contribution is -0.133. The molecule has 2 aliphatic heterocycles. The third-order valence-corrected chi connectivity index (χ3v) is 6.57. The van der Waals surface area contributed by atoms with Gasteiger partial charge in [0.15, 0.2) is 0 Å². The van der Waals surface area contributed by atoms with E-state index in [1.165, 1.54) is 15.8 Å². The van der Waals surface area contributed by atoms with Crippen molar-refractivity contribution >= 4 is 17.2 Å². The fourth-order valence-corrected chi connectivity index (χ4v) is 5.31. The van der Waals surface area contributed by atoms with Crippen LogP contribution in [0.2, 0.25) is 0 Å². The quantitative estimate of drug-likeness (QED) is 0.803. The van der Waals surface area contributed by atoms with Gasteiger partial charge in [-0.15, -0.1) is 11.3 Å². The van der Waals surface area contributed by atoms with Gasteiger partial charge in [-0.3, -0.25) is 9.69 Å². The lowest BCUT2D eigenvalue weighted by Gasteiger charge is -2.30. The average molecular weight is 373 g/mol. The van der Waals surface area contributed by atoms with Gasteiger partial charge >= 0.3 is 0 Å². The van der Waals surface area contributed by atoms with Gasteiger partial charge in [0.05, 0.1) is 0 Å². The molecule has 2 aliphatic rings. The Bertz CT molecular complexity index is 790. The van der Waals surface area contributed by atoms with Crippen molar-refractivity contribution in [3.63, 3.8) is 0 Å². The predicted molar refractivity (Wildman–Crippen MR) is 102 cm³/mol. The number of aryl methyl sites for hydroxylation is 1. The maximum Gasteiger partial charge on any atom is 0.223 e. The van der Waals surface area contributed by atoms with E-state index in [4.69, 9.17) is 0 Å². The van der Waals surface area contributed by atoms with Gasteiger partial charge in [0, 0.05) is 48.4 Å². The molecule has 0 bridgehead atoms. The molecule has 0 aliphatic carbocycles. The topological polar surface area (TPSA) is 23.6 Å². The molecule has 2 fully saturated rings. The number of halogens is 1. The molecule has 0 spiro atoms. The van der Waals surface area contributed by atoms with Gasteiger partial charge in [-0.05, 0) is 55.5 Å². The minimum Gasteiger partial charge on any atom is -0.334 e. The fourth-order valence-electron chi connectivity index (χ4n) is 4.38. The van der Waals surface area contributed by atoms with Crippen molar-refractivity contribution < 1.29 is 9.18 Å². The summed E-state index contributed by atoms with van der Waals surface area (Å²) >= 11 is 1.85. The van der Waals surface area contributed by atoms with E-state index in [0.717, 1.165) is 38.0 Å². The van der Waals surface area contributed by atoms with E-state index in [0.29, 0.717) is 18.9 Å². The van der Waals surface area contributed by atoms with E-state index < -0.39 is 0 Å². The molecule has 1 amide bonds. The van der Waals surface area contributed by atoms with Crippen molar-refractivity contribution in [2.24, 2.45) is 5.92 Å². The Hall–Kier alpha value is -1.72. The highest BCUT2D eigenvalue weighted by molar-refractivity contribution is 7.11. The average Bonchev–Trinajstić information content (AvgIpc) is 3.15. The molecule has 0 unspecified atom stereocenters. The Labute approximate surface area is 158 Å². The van der Waals surface area contributed by atoms with Gasteiger partial charge in [0.25, 0.3) is 0 Å². The Kier molecular flexibility index (Phi) is 5.09. The molecule has 3 heterocycles. The summed E-state index contributed by atoms with van der Waals surface area (Å²) in [5.41, 5.74) is 0.881. The van der Waals surface area contributed by atoms with Crippen molar-refractivity contribution in [1.82, 2.24) is 9.80 Å². The number of carbonyl (C=O) groups is 1. The number of nitrogens with zero attached hydrogens (tertiary/aromatic N) is 2. The molecule has 2 saturated heterocycles. The van der Waals surface area contributed by atoms with E-state index in [-0.39, 0.29) is 17.8 Å². The first-order chi connectivity index (χ1) is 12.6. The van der Waals surface area contributed by atoms with Crippen molar-refractivity contribution in [1.29, 1.82) is 0 Å². The molecule has 1 aromatic heterocycles. The number of carbonyl (C=O) groups excluding carboxylic acids is 1. The van der Waals surface area contributed by atoms with Crippen LogP contribution in [-0.4, -0.2) is 34.8 Å². The van der Waals surface area contributed by atoms with Crippen LogP contribution in [0.3, 0.4) is 0 Å². The number of hydrogen-bond acceptors (Lipinski definition) is 3. The second kappa shape index (κ2) is 7.49. The number of hydrogen-bond donors (Lipinski definition) is 0. The zero-order chi connectivity index (χ0) is 18.1. The van der Waals surface area contributed by atoms with Crippen LogP contribution in [0.4, 0.5) is 4.39 Å². The van der Waals surface area contributed by atoms with E-state index in [9.17, 15) is 9.18 Å². The normalized spacial score (nSPS) is 23.9. The third kappa shape index (κ3) is 3.84. The Balaban J connectivity index is 1.50. The Morgan fingerprint density at radius 1 is 1.19 bits per heavy atom. The Morgan fingerprint density at radius 3 is 2.85 bits per heavy atom. The maximum absolute atomic E-state index is 13.6. The van der Waals surface area contributed by atoms with E-state index in [1.54, 1.807) is 12.1 Å². The largest absolute Gasteiger partial charge is 0.334 e. The first-order valence-electron chi connectivity index (χ1n) is 9.40. The smallest absolute Gasteiger partial charge is 0.223 e. The second-order valence-electron chi connectivity index (χ2n) is 7.58. The molecule has 138 valence electrons. The van der Waals surface area contributed by atoms with Gasteiger partial charge in [0.2, 0.25) is 5.91 Å². The molecule has 26 heavy (non-hydrogen) atoms. The summed E-state index contributed by atoms with van der Waals surface area (Å²) < 4.78 is 13.6. The van der Waals surface area contributed by atoms with Gasteiger partial charge in [-0.25, -0.2) is 4.39 Å². The zero-order valence-electron chi connectivity index (χ0n) is 15.2. The van der Waals surface area contributed by atoms with Crippen LogP contribution in [0.25, 0.3) is 0 Å². The number of amides is 1. The van der Waals surface area contributed by atoms with Crippen LogP contribution < -0.4 is 0 Å². The van der Waals surface area contributed by atoms with Gasteiger partial charge in [0.1, 0.15) is 5.82 Å². The summed E-state index contributed by atoms with van der Waals surface area (Å²) in [6.45, 7) is 5.59. The molecule has 3 nitrogen and oxygen atoms in total. The SMILES string of the molecule is Cc1ccc(CN2C[C@H]3CCCC(=O)N(Cc4cccc(F)c4)[C@H]3C2)s1. The summed E-state index contributed by atoms with van der Waals surface area (Å²) in [5.74, 6) is 0.508. The molecule has 0 saturated carbocycles. The highest BCUT2D eigenvalue weighted by atomic mass is 32.1. The molecule has 4 rings (SSSR count). The fraction of sp³-hybridized carbons (Fsp3) is 0.476. The monoisotopic (exact) mass is 372 g/mol. The van der Waals surface area contributed by atoms with Crippen LogP contribution in [0, 0.1) is 18.7 Å². The lowest BCUT2D eigenvalue weighted by atomic mass is 9.98. The number of benzene rings is 1. The predicted octanol–water partition coefficient (Wildman–Crippen LogP) is 4.21. The molecular formula is C21H25FN2OS. The van der Waals surface area contributed by atoms with Crippen molar-refractivity contribution in [2.45, 2.75) is 45.3 Å². The highest BCUT2D eigenvalue weighted by Gasteiger charge is 2.40. The van der Waals surface area contributed by atoms with Crippen LogP contribution in [0.15, 0.2) is 36.4 Å². The minimum absolute atomic E-state index is 0.218. The minimum atomic E-state index is -0.234. The summed E-state index contributed by atoms with van der Waals surface area (Å²) in [6.07, 6.45) is 2.69. The van der Waals surface area contributed by atoms with Gasteiger partial charge in [-0.1, -0.05) is 12.1 Å². The maximum atomic E-state index is 13.6. The number of fused-ring (bicyclic) bond motifs is 1. The summed E-state index contributed by atoms with van der Waals surface area (Å²) in [6, 6.07) is 11.3. The van der Waals surface area contributed by atoms with Gasteiger partial charge in [-0.2, -0.15) is 0 Å². The second-order valence-corrected chi connectivity index (χ2v) is 8.95. The van der Waals surface area contributed by atoms with Crippen LogP contribution in [-0.2, 0) is 17.9 Å². The standard InChI is InChI=1S/C21H25FN2OS/c1-15-8-9-19(26-15)13-23-12-17-5-3-7-21(25)24(20(17)14-23)11-16-4-2-6-18(22)10-16/h2,4,6,8-10,17,20H,3,5,7,11-14H2,1H3/t17-,20+/m1/s1. The van der Waals surface area contributed by atoms with Crippen LogP contribution >= 0.6 is 11.3 Å². The van der Waals surface area contributed by atoms with E-state index >= 15 is 0 Å². The van der Waals surface area contributed by atoms with Crippen molar-refractivity contribution in [2.75, 3.05) is 13.1 Å². The zero-order valence-corrected chi connectivity index (χ0v) is 16.0. The van der Waals surface area contributed by atoms with Crippen molar-refractivity contribution in [3.05, 3.63) is 57.5 Å². The highest BCUT2D eigenvalue weighted by Crippen LogP contribution is 2.33. The van der Waals surface area contributed by atoms with Crippen molar-refractivity contribution in [3.8, 4) is 0 Å². The summed E-state index contributed by atoms with van der Waals surface area (Å²) in [4.78, 5) is 20.0. The molecule has 0 radical (unpaired) electrons. The van der Waals surface area contributed by atoms with Crippen LogP contribution in [0.5, 0.6) is 0 Å². The van der Waals surface area contributed by atoms with Gasteiger partial charge < -0.3 is 4.90 Å². The molecule has 2 atom stereocenters. The number of likely N-dealkylation sites (tertiary alicyclic amines) is 2. The first kappa shape index (κ1) is 17.7. The molecule has 5 heteroatoms. The first-order valence-corrected chi connectivity index (χ1v) is 10.2. The summed E-state index contributed by atoms with van der Waals surface area (Å²) in [5, 5.41) is 0.